The van der Waals surface area contributed by atoms with Gasteiger partial charge in [0.15, 0.2) is 0 Å². The highest BCUT2D eigenvalue weighted by molar-refractivity contribution is 6.30. The predicted molar refractivity (Wildman–Crippen MR) is 105 cm³/mol. The fraction of sp³-hybridized carbons (Fsp3) is 0.250. The van der Waals surface area contributed by atoms with Crippen LogP contribution in [-0.2, 0) is 15.7 Å². The van der Waals surface area contributed by atoms with Gasteiger partial charge >= 0.3 is 18.3 Å². The summed E-state index contributed by atoms with van der Waals surface area (Å²) < 4.78 is 97.0. The van der Waals surface area contributed by atoms with Crippen molar-refractivity contribution in [3.8, 4) is 0 Å². The van der Waals surface area contributed by atoms with Crippen LogP contribution >= 0.6 is 11.6 Å². The van der Waals surface area contributed by atoms with Crippen LogP contribution < -0.4 is 5.73 Å². The summed E-state index contributed by atoms with van der Waals surface area (Å²) in [4.78, 5) is 20.1. The van der Waals surface area contributed by atoms with Gasteiger partial charge in [-0.05, 0) is 43.3 Å². The molecule has 1 unspecified atom stereocenters. The number of alkyl halides is 6. The minimum atomic E-state index is -5.05. The second kappa shape index (κ2) is 10.2. The summed E-state index contributed by atoms with van der Waals surface area (Å²) in [6.45, 7) is 1.17. The summed E-state index contributed by atoms with van der Waals surface area (Å²) >= 11 is 5.65. The van der Waals surface area contributed by atoms with Crippen LogP contribution in [0.15, 0.2) is 53.3 Å². The number of carbonyl (C=O) groups is 1. The average molecular weight is 498 g/mol. The highest BCUT2D eigenvalue weighted by atomic mass is 35.5. The van der Waals surface area contributed by atoms with E-state index in [0.717, 1.165) is 24.4 Å². The van der Waals surface area contributed by atoms with Crippen LogP contribution in [0.4, 0.5) is 36.4 Å². The number of rotatable bonds is 6. The zero-order chi connectivity index (χ0) is 25.0. The van der Waals surface area contributed by atoms with Gasteiger partial charge in [0.1, 0.15) is 17.4 Å². The summed E-state index contributed by atoms with van der Waals surface area (Å²) in [6, 6.07) is 3.74. The van der Waals surface area contributed by atoms with E-state index in [9.17, 15) is 35.5 Å². The van der Waals surface area contributed by atoms with E-state index in [1.807, 2.05) is 0 Å². The first-order chi connectivity index (χ1) is 15.2. The summed E-state index contributed by atoms with van der Waals surface area (Å²) in [7, 11) is 0. The smallest absolute Gasteiger partial charge is 0.430 e. The van der Waals surface area contributed by atoms with Gasteiger partial charge in [-0.2, -0.15) is 26.3 Å². The van der Waals surface area contributed by atoms with Crippen LogP contribution in [0.1, 0.15) is 24.1 Å². The number of benzene rings is 1. The van der Waals surface area contributed by atoms with Gasteiger partial charge in [-0.15, -0.1) is 0 Å². The van der Waals surface area contributed by atoms with Gasteiger partial charge in [-0.3, -0.25) is 14.8 Å². The van der Waals surface area contributed by atoms with Gasteiger partial charge < -0.3 is 10.5 Å². The Morgan fingerprint density at radius 3 is 2.30 bits per heavy atom. The molecular formula is C20H15ClF7N3O2. The van der Waals surface area contributed by atoms with Gasteiger partial charge in [0.25, 0.3) is 0 Å². The van der Waals surface area contributed by atoms with E-state index in [2.05, 4.69) is 9.98 Å². The van der Waals surface area contributed by atoms with E-state index < -0.39 is 52.7 Å². The molecule has 178 valence electrons. The van der Waals surface area contributed by atoms with Gasteiger partial charge in [-0.1, -0.05) is 11.6 Å². The summed E-state index contributed by atoms with van der Waals surface area (Å²) in [5.41, 5.74) is 0.610. The third-order valence-electron chi connectivity index (χ3n) is 4.01. The van der Waals surface area contributed by atoms with E-state index in [-0.39, 0.29) is 23.4 Å². The SMILES string of the molecule is CCOC(=O)C(C(/C=C(\N)C(F)(F)F)=Nc1ccc(C(F)(F)F)cc1)c1ncc(Cl)cc1F. The Labute approximate surface area is 187 Å². The fourth-order valence-corrected chi connectivity index (χ4v) is 2.68. The zero-order valence-corrected chi connectivity index (χ0v) is 17.4. The Morgan fingerprint density at radius 1 is 1.21 bits per heavy atom. The first kappa shape index (κ1) is 26.1. The molecule has 1 atom stereocenters. The Balaban J connectivity index is 2.73. The van der Waals surface area contributed by atoms with Crippen LogP contribution in [0.25, 0.3) is 0 Å². The number of aromatic nitrogens is 1. The Bertz CT molecular complexity index is 1060. The van der Waals surface area contributed by atoms with Gasteiger partial charge in [0, 0.05) is 6.20 Å². The number of aliphatic imine (C=N–C) groups is 1. The zero-order valence-electron chi connectivity index (χ0n) is 16.6. The quantitative estimate of drug-likeness (QED) is 0.315. The molecule has 33 heavy (non-hydrogen) atoms. The van der Waals surface area contributed by atoms with Gasteiger partial charge in [-0.25, -0.2) is 4.39 Å². The van der Waals surface area contributed by atoms with Crippen LogP contribution in [0.5, 0.6) is 0 Å². The van der Waals surface area contributed by atoms with E-state index >= 15 is 0 Å². The number of nitrogens with two attached hydrogens (primary N) is 1. The lowest BCUT2D eigenvalue weighted by atomic mass is 9.96. The van der Waals surface area contributed by atoms with Gasteiger partial charge in [0.05, 0.1) is 34.3 Å². The van der Waals surface area contributed by atoms with Crippen molar-refractivity contribution in [2.75, 3.05) is 6.61 Å². The number of ether oxygens (including phenoxy) is 1. The third kappa shape index (κ3) is 6.91. The number of nitrogens with zero attached hydrogens (tertiary/aromatic N) is 2. The molecule has 0 saturated heterocycles. The number of carbonyl (C=O) groups excluding carboxylic acids is 1. The molecule has 2 aromatic rings. The normalized spacial score (nSPS) is 14.2. The number of allylic oxidation sites excluding steroid dienone is 2. The van der Waals surface area contributed by atoms with Crippen molar-refractivity contribution in [1.82, 2.24) is 4.98 Å². The summed E-state index contributed by atoms with van der Waals surface area (Å²) in [6.07, 6.45) is -8.52. The lowest BCUT2D eigenvalue weighted by Gasteiger charge is -2.18. The number of esters is 1. The maximum atomic E-state index is 14.5. The molecule has 0 spiro atoms. The molecule has 0 aliphatic carbocycles. The molecule has 0 aliphatic rings. The first-order valence-corrected chi connectivity index (χ1v) is 9.39. The highest BCUT2D eigenvalue weighted by Gasteiger charge is 2.36. The molecule has 0 aliphatic heterocycles. The molecule has 2 rings (SSSR count). The largest absolute Gasteiger partial charge is 0.465 e. The van der Waals surface area contributed by atoms with E-state index in [1.54, 1.807) is 0 Å². The minimum Gasteiger partial charge on any atom is -0.465 e. The maximum absolute atomic E-state index is 14.5. The highest BCUT2D eigenvalue weighted by Crippen LogP contribution is 2.32. The molecular weight excluding hydrogens is 483 g/mol. The van der Waals surface area contributed by atoms with E-state index in [4.69, 9.17) is 22.1 Å². The van der Waals surface area contributed by atoms with Crippen molar-refractivity contribution in [2.45, 2.75) is 25.2 Å². The molecule has 0 fully saturated rings. The van der Waals surface area contributed by atoms with Crippen molar-refractivity contribution in [3.05, 3.63) is 70.4 Å². The topological polar surface area (TPSA) is 77.6 Å². The minimum absolute atomic E-state index is 0.162. The molecule has 0 saturated carbocycles. The Morgan fingerprint density at radius 2 is 1.82 bits per heavy atom. The van der Waals surface area contributed by atoms with Crippen molar-refractivity contribution >= 4 is 29.0 Å². The third-order valence-corrected chi connectivity index (χ3v) is 4.22. The Kier molecular flexibility index (Phi) is 8.06. The van der Waals surface area contributed by atoms with Crippen molar-refractivity contribution < 1.29 is 40.3 Å². The van der Waals surface area contributed by atoms with Crippen LogP contribution in [0, 0.1) is 5.82 Å². The maximum Gasteiger partial charge on any atom is 0.430 e. The second-order valence-corrected chi connectivity index (χ2v) is 6.82. The standard InChI is InChI=1S/C20H15ClF7N3O2/c1-2-33-18(32)16(17-13(22)7-11(21)9-30-17)14(8-15(29)20(26,27)28)31-12-5-3-10(4-6-12)19(23,24)25/h3-9,16H,2,29H2,1H3/b15-8-,31-14?. The van der Waals surface area contributed by atoms with E-state index in [0.29, 0.717) is 12.1 Å². The van der Waals surface area contributed by atoms with E-state index in [1.165, 1.54) is 6.92 Å². The van der Waals surface area contributed by atoms with Gasteiger partial charge in [0.2, 0.25) is 0 Å². The summed E-state index contributed by atoms with van der Waals surface area (Å²) in [5.74, 6) is -4.31. The molecule has 1 aromatic heterocycles. The number of hydrogen-bond acceptors (Lipinski definition) is 5. The van der Waals surface area contributed by atoms with Crippen molar-refractivity contribution in [2.24, 2.45) is 10.7 Å². The second-order valence-electron chi connectivity index (χ2n) is 6.38. The molecule has 0 amide bonds. The number of halogens is 8. The predicted octanol–water partition coefficient (Wildman–Crippen LogP) is 5.72. The Hall–Kier alpha value is -3.15. The monoisotopic (exact) mass is 497 g/mol. The average Bonchev–Trinajstić information content (AvgIpc) is 2.69. The molecule has 0 radical (unpaired) electrons. The molecule has 1 aromatic carbocycles. The molecule has 1 heterocycles. The summed E-state index contributed by atoms with van der Waals surface area (Å²) in [5, 5.41) is -0.162. The van der Waals surface area contributed by atoms with Crippen molar-refractivity contribution in [3.63, 3.8) is 0 Å². The van der Waals surface area contributed by atoms with Crippen LogP contribution in [0.3, 0.4) is 0 Å². The van der Waals surface area contributed by atoms with Crippen LogP contribution in [0.2, 0.25) is 5.02 Å². The van der Waals surface area contributed by atoms with Crippen molar-refractivity contribution in [1.29, 1.82) is 0 Å². The fourth-order valence-electron chi connectivity index (χ4n) is 2.53. The van der Waals surface area contributed by atoms with Crippen LogP contribution in [-0.4, -0.2) is 29.4 Å². The lowest BCUT2D eigenvalue weighted by Crippen LogP contribution is -2.28. The molecule has 13 heteroatoms. The molecule has 0 bridgehead atoms. The lowest BCUT2D eigenvalue weighted by molar-refractivity contribution is -0.143. The first-order valence-electron chi connectivity index (χ1n) is 9.01. The number of pyridine rings is 1. The molecule has 2 N–H and O–H groups in total. The molecule has 5 nitrogen and oxygen atoms in total. The number of hydrogen-bond donors (Lipinski definition) is 1.